The number of nitrogens with one attached hydrogen (secondary N) is 1. The lowest BCUT2D eigenvalue weighted by Gasteiger charge is -2.07. The first-order chi connectivity index (χ1) is 9.94. The standard InChI is InChI=1S/C16H18FNO2S/c1-13-2-4-15(5-3-13)12-21(19,20)18-11-10-14-6-8-16(17)9-7-14/h2-9,18H,10-12H2,1H3. The van der Waals surface area contributed by atoms with Gasteiger partial charge in [0.15, 0.2) is 0 Å². The minimum absolute atomic E-state index is 0.0311. The van der Waals surface area contributed by atoms with E-state index in [1.165, 1.54) is 12.1 Å². The quantitative estimate of drug-likeness (QED) is 0.892. The predicted octanol–water partition coefficient (Wildman–Crippen LogP) is 2.80. The molecule has 0 bridgehead atoms. The molecule has 0 spiro atoms. The Kier molecular flexibility index (Phi) is 5.09. The Morgan fingerprint density at radius 1 is 0.952 bits per heavy atom. The summed E-state index contributed by atoms with van der Waals surface area (Å²) >= 11 is 0. The zero-order valence-electron chi connectivity index (χ0n) is 11.8. The van der Waals surface area contributed by atoms with Crippen LogP contribution < -0.4 is 4.72 Å². The lowest BCUT2D eigenvalue weighted by Crippen LogP contribution is -2.27. The van der Waals surface area contributed by atoms with Gasteiger partial charge in [-0.1, -0.05) is 42.0 Å². The molecule has 0 aliphatic carbocycles. The highest BCUT2D eigenvalue weighted by Gasteiger charge is 2.10. The maximum Gasteiger partial charge on any atom is 0.215 e. The van der Waals surface area contributed by atoms with E-state index >= 15 is 0 Å². The third-order valence-electron chi connectivity index (χ3n) is 3.13. The minimum atomic E-state index is -3.35. The Balaban J connectivity index is 1.86. The molecule has 0 unspecified atom stereocenters. The van der Waals surface area contributed by atoms with Gasteiger partial charge >= 0.3 is 0 Å². The number of benzene rings is 2. The summed E-state index contributed by atoms with van der Waals surface area (Å²) in [7, 11) is -3.35. The summed E-state index contributed by atoms with van der Waals surface area (Å²) in [4.78, 5) is 0. The van der Waals surface area contributed by atoms with E-state index in [4.69, 9.17) is 0 Å². The zero-order valence-corrected chi connectivity index (χ0v) is 12.7. The van der Waals surface area contributed by atoms with Crippen LogP contribution >= 0.6 is 0 Å². The molecule has 21 heavy (non-hydrogen) atoms. The molecule has 2 aromatic carbocycles. The molecule has 1 N–H and O–H groups in total. The van der Waals surface area contributed by atoms with Crippen LogP contribution in [0.4, 0.5) is 4.39 Å². The third kappa shape index (κ3) is 5.28. The van der Waals surface area contributed by atoms with Crippen molar-refractivity contribution < 1.29 is 12.8 Å². The molecule has 0 atom stereocenters. The summed E-state index contributed by atoms with van der Waals surface area (Å²) in [6.45, 7) is 2.26. The number of hydrogen-bond donors (Lipinski definition) is 1. The molecule has 0 saturated carbocycles. The molecule has 0 saturated heterocycles. The fraction of sp³-hybridized carbons (Fsp3) is 0.250. The van der Waals surface area contributed by atoms with Gasteiger partial charge in [0.1, 0.15) is 5.82 Å². The van der Waals surface area contributed by atoms with Crippen LogP contribution in [0.1, 0.15) is 16.7 Å². The van der Waals surface area contributed by atoms with Crippen molar-refractivity contribution in [2.24, 2.45) is 0 Å². The topological polar surface area (TPSA) is 46.2 Å². The van der Waals surface area contributed by atoms with E-state index < -0.39 is 10.0 Å². The van der Waals surface area contributed by atoms with Gasteiger partial charge in [-0.2, -0.15) is 0 Å². The largest absolute Gasteiger partial charge is 0.215 e. The summed E-state index contributed by atoms with van der Waals surface area (Å²) in [6, 6.07) is 13.5. The molecule has 0 aliphatic rings. The second-order valence-electron chi connectivity index (χ2n) is 5.02. The molecule has 112 valence electrons. The average Bonchev–Trinajstić information content (AvgIpc) is 2.43. The Bertz CT molecular complexity index is 679. The van der Waals surface area contributed by atoms with Crippen molar-refractivity contribution in [1.82, 2.24) is 4.72 Å². The smallest absolute Gasteiger partial charge is 0.215 e. The zero-order chi connectivity index (χ0) is 15.3. The van der Waals surface area contributed by atoms with Crippen LogP contribution in [0, 0.1) is 12.7 Å². The number of aryl methyl sites for hydroxylation is 1. The lowest BCUT2D eigenvalue weighted by molar-refractivity contribution is 0.580. The fourth-order valence-electron chi connectivity index (χ4n) is 1.96. The lowest BCUT2D eigenvalue weighted by atomic mass is 10.1. The van der Waals surface area contributed by atoms with E-state index in [0.717, 1.165) is 16.7 Å². The summed E-state index contributed by atoms with van der Waals surface area (Å²) in [5, 5.41) is 0. The highest BCUT2D eigenvalue weighted by atomic mass is 32.2. The van der Waals surface area contributed by atoms with E-state index in [2.05, 4.69) is 4.72 Å². The average molecular weight is 307 g/mol. The van der Waals surface area contributed by atoms with Crippen LogP contribution in [-0.4, -0.2) is 15.0 Å². The maximum absolute atomic E-state index is 12.8. The fourth-order valence-corrected chi connectivity index (χ4v) is 3.10. The van der Waals surface area contributed by atoms with Gasteiger partial charge in [0.2, 0.25) is 10.0 Å². The monoisotopic (exact) mass is 307 g/mol. The SMILES string of the molecule is Cc1ccc(CS(=O)(=O)NCCc2ccc(F)cc2)cc1. The van der Waals surface area contributed by atoms with Crippen molar-refractivity contribution in [3.8, 4) is 0 Å². The molecular weight excluding hydrogens is 289 g/mol. The van der Waals surface area contributed by atoms with Crippen LogP contribution in [0.3, 0.4) is 0 Å². The van der Waals surface area contributed by atoms with E-state index in [1.54, 1.807) is 12.1 Å². The Morgan fingerprint density at radius 2 is 1.52 bits per heavy atom. The summed E-state index contributed by atoms with van der Waals surface area (Å²) in [5.41, 5.74) is 2.75. The van der Waals surface area contributed by atoms with Crippen molar-refractivity contribution in [2.75, 3.05) is 6.54 Å². The highest BCUT2D eigenvalue weighted by molar-refractivity contribution is 7.88. The van der Waals surface area contributed by atoms with Gasteiger partial charge in [0.05, 0.1) is 5.75 Å². The second-order valence-corrected chi connectivity index (χ2v) is 6.82. The first kappa shape index (κ1) is 15.7. The van der Waals surface area contributed by atoms with Gasteiger partial charge < -0.3 is 0 Å². The third-order valence-corrected chi connectivity index (χ3v) is 4.48. The normalized spacial score (nSPS) is 11.5. The van der Waals surface area contributed by atoms with E-state index in [9.17, 15) is 12.8 Å². The van der Waals surface area contributed by atoms with Crippen molar-refractivity contribution in [2.45, 2.75) is 19.1 Å². The summed E-state index contributed by atoms with van der Waals surface area (Å²) < 4.78 is 39.2. The van der Waals surface area contributed by atoms with Crippen molar-refractivity contribution in [3.05, 3.63) is 71.0 Å². The molecule has 2 rings (SSSR count). The van der Waals surface area contributed by atoms with Gasteiger partial charge in [0, 0.05) is 6.54 Å². The molecule has 0 fully saturated rings. The van der Waals surface area contributed by atoms with Gasteiger partial charge in [-0.3, -0.25) is 0 Å². The molecule has 0 radical (unpaired) electrons. The van der Waals surface area contributed by atoms with Crippen LogP contribution in [0.15, 0.2) is 48.5 Å². The number of sulfonamides is 1. The molecule has 0 aliphatic heterocycles. The summed E-state index contributed by atoms with van der Waals surface area (Å²) in [5.74, 6) is -0.324. The van der Waals surface area contributed by atoms with Gasteiger partial charge in [-0.05, 0) is 36.6 Å². The van der Waals surface area contributed by atoms with Gasteiger partial charge in [-0.15, -0.1) is 0 Å². The van der Waals surface area contributed by atoms with Crippen molar-refractivity contribution in [1.29, 1.82) is 0 Å². The summed E-state index contributed by atoms with van der Waals surface area (Å²) in [6.07, 6.45) is 0.535. The van der Waals surface area contributed by atoms with E-state index in [1.807, 2.05) is 31.2 Å². The molecule has 2 aromatic rings. The molecule has 0 heterocycles. The minimum Gasteiger partial charge on any atom is -0.215 e. The van der Waals surface area contributed by atoms with Crippen molar-refractivity contribution in [3.63, 3.8) is 0 Å². The molecule has 3 nitrogen and oxygen atoms in total. The van der Waals surface area contributed by atoms with Crippen LogP contribution in [0.25, 0.3) is 0 Å². The first-order valence-corrected chi connectivity index (χ1v) is 8.37. The predicted molar refractivity (Wildman–Crippen MR) is 81.9 cm³/mol. The maximum atomic E-state index is 12.8. The highest BCUT2D eigenvalue weighted by Crippen LogP contribution is 2.07. The van der Waals surface area contributed by atoms with Crippen LogP contribution in [0.5, 0.6) is 0 Å². The molecule has 5 heteroatoms. The van der Waals surface area contributed by atoms with E-state index in [-0.39, 0.29) is 11.6 Å². The Labute approximate surface area is 124 Å². The van der Waals surface area contributed by atoms with E-state index in [0.29, 0.717) is 13.0 Å². The molecule has 0 aromatic heterocycles. The van der Waals surface area contributed by atoms with Crippen molar-refractivity contribution >= 4 is 10.0 Å². The van der Waals surface area contributed by atoms with Gasteiger partial charge in [0.25, 0.3) is 0 Å². The molecular formula is C16H18FNO2S. The number of halogens is 1. The number of rotatable bonds is 6. The Hall–Kier alpha value is -1.72. The first-order valence-electron chi connectivity index (χ1n) is 6.72. The van der Waals surface area contributed by atoms with Crippen LogP contribution in [0.2, 0.25) is 0 Å². The molecule has 0 amide bonds. The number of hydrogen-bond acceptors (Lipinski definition) is 2. The van der Waals surface area contributed by atoms with Crippen LogP contribution in [-0.2, 0) is 22.2 Å². The van der Waals surface area contributed by atoms with Gasteiger partial charge in [-0.25, -0.2) is 17.5 Å². The second kappa shape index (κ2) is 6.83. The Morgan fingerprint density at radius 3 is 2.14 bits per heavy atom.